The Bertz CT molecular complexity index is 384. The molecule has 0 aliphatic rings. The number of carbonyl (C=O) groups is 1. The summed E-state index contributed by atoms with van der Waals surface area (Å²) in [5.41, 5.74) is 0.493. The number of aliphatic hydroxyl groups is 1. The van der Waals surface area contributed by atoms with Crippen molar-refractivity contribution in [2.24, 2.45) is 0 Å². The Labute approximate surface area is 118 Å². The average molecular weight is 369 g/mol. The molecular formula is C12H14F2INO2. The van der Waals surface area contributed by atoms with Crippen molar-refractivity contribution in [3.8, 4) is 0 Å². The lowest BCUT2D eigenvalue weighted by Gasteiger charge is -2.19. The molecule has 0 heterocycles. The summed E-state index contributed by atoms with van der Waals surface area (Å²) in [6.07, 6.45) is -2.51. The van der Waals surface area contributed by atoms with E-state index in [2.05, 4.69) is 22.6 Å². The van der Waals surface area contributed by atoms with Crippen LogP contribution in [0, 0.1) is 3.57 Å². The molecule has 0 saturated carbocycles. The molecule has 0 aliphatic carbocycles. The molecule has 0 spiro atoms. The van der Waals surface area contributed by atoms with Crippen molar-refractivity contribution >= 4 is 28.4 Å². The van der Waals surface area contributed by atoms with Gasteiger partial charge in [-0.15, -0.1) is 0 Å². The summed E-state index contributed by atoms with van der Waals surface area (Å²) in [4.78, 5) is 13.1. The molecule has 0 saturated heterocycles. The van der Waals surface area contributed by atoms with Gasteiger partial charge in [-0.25, -0.2) is 8.78 Å². The molecule has 0 amide bonds. The number of rotatable bonds is 7. The van der Waals surface area contributed by atoms with E-state index in [0.717, 1.165) is 3.57 Å². The fraction of sp³-hybridized carbons (Fsp3) is 0.417. The van der Waals surface area contributed by atoms with Gasteiger partial charge in [0, 0.05) is 15.7 Å². The smallest absolute Gasteiger partial charge is 0.251 e. The van der Waals surface area contributed by atoms with E-state index >= 15 is 0 Å². The largest absolute Gasteiger partial charge is 0.395 e. The van der Waals surface area contributed by atoms with Gasteiger partial charge >= 0.3 is 0 Å². The fourth-order valence-corrected chi connectivity index (χ4v) is 1.86. The van der Waals surface area contributed by atoms with Crippen LogP contribution in [0.3, 0.4) is 0 Å². The van der Waals surface area contributed by atoms with Crippen molar-refractivity contribution in [3.63, 3.8) is 0 Å². The van der Waals surface area contributed by atoms with E-state index < -0.39 is 13.0 Å². The molecule has 1 N–H and O–H groups in total. The van der Waals surface area contributed by atoms with Gasteiger partial charge in [0.05, 0.1) is 19.7 Å². The summed E-state index contributed by atoms with van der Waals surface area (Å²) in [6, 6.07) is 6.92. The van der Waals surface area contributed by atoms with Crippen LogP contribution in [0.2, 0.25) is 0 Å². The maximum Gasteiger partial charge on any atom is 0.251 e. The van der Waals surface area contributed by atoms with Crippen LogP contribution < -0.4 is 0 Å². The Balaban J connectivity index is 2.62. The van der Waals surface area contributed by atoms with Crippen LogP contribution in [0.5, 0.6) is 0 Å². The zero-order valence-corrected chi connectivity index (χ0v) is 11.8. The molecule has 0 aliphatic heterocycles. The molecule has 0 atom stereocenters. The summed E-state index contributed by atoms with van der Waals surface area (Å²) < 4.78 is 25.6. The third kappa shape index (κ3) is 5.36. The number of nitrogens with zero attached hydrogens (tertiary/aromatic N) is 1. The number of hydrogen-bond acceptors (Lipinski definition) is 3. The normalized spacial score (nSPS) is 11.2. The minimum Gasteiger partial charge on any atom is -0.395 e. The molecule has 0 bridgehead atoms. The molecule has 18 heavy (non-hydrogen) atoms. The minimum absolute atomic E-state index is 0.0699. The number of Topliss-reactive ketones (excluding diaryl/α,β-unsaturated/α-hetero) is 1. The first kappa shape index (κ1) is 15.5. The first-order valence-electron chi connectivity index (χ1n) is 5.43. The number of hydrogen-bond donors (Lipinski definition) is 1. The molecule has 0 aromatic heterocycles. The maximum atomic E-state index is 12.3. The summed E-state index contributed by atoms with van der Waals surface area (Å²) in [5.74, 6) is -0.222. The van der Waals surface area contributed by atoms with Gasteiger partial charge in [0.2, 0.25) is 0 Å². The molecule has 100 valence electrons. The van der Waals surface area contributed by atoms with Crippen molar-refractivity contribution in [2.45, 2.75) is 6.43 Å². The monoisotopic (exact) mass is 369 g/mol. The third-order valence-corrected chi connectivity index (χ3v) is 3.07. The van der Waals surface area contributed by atoms with Gasteiger partial charge in [0.25, 0.3) is 6.43 Å². The number of alkyl halides is 2. The molecule has 6 heteroatoms. The Kier molecular flexibility index (Phi) is 6.66. The predicted molar refractivity (Wildman–Crippen MR) is 73.0 cm³/mol. The topological polar surface area (TPSA) is 40.5 Å². The Morgan fingerprint density at radius 1 is 1.33 bits per heavy atom. The first-order valence-corrected chi connectivity index (χ1v) is 6.51. The lowest BCUT2D eigenvalue weighted by molar-refractivity contribution is 0.0689. The summed E-state index contributed by atoms with van der Waals surface area (Å²) >= 11 is 2.12. The molecule has 1 rings (SSSR count). The second-order valence-electron chi connectivity index (χ2n) is 3.78. The molecule has 1 aromatic rings. The van der Waals surface area contributed by atoms with Gasteiger partial charge in [-0.05, 0) is 34.7 Å². The Morgan fingerprint density at radius 2 is 1.94 bits per heavy atom. The van der Waals surface area contributed by atoms with Crippen LogP contribution in [-0.4, -0.2) is 48.5 Å². The highest BCUT2D eigenvalue weighted by Crippen LogP contribution is 2.08. The molecule has 0 radical (unpaired) electrons. The highest BCUT2D eigenvalue weighted by Gasteiger charge is 2.16. The van der Waals surface area contributed by atoms with Crippen LogP contribution in [0.15, 0.2) is 24.3 Å². The quantitative estimate of drug-likeness (QED) is 0.591. The summed E-state index contributed by atoms with van der Waals surface area (Å²) in [5, 5.41) is 8.77. The second-order valence-corrected chi connectivity index (χ2v) is 5.03. The molecule has 1 aromatic carbocycles. The zero-order valence-electron chi connectivity index (χ0n) is 9.65. The van der Waals surface area contributed by atoms with Gasteiger partial charge in [0.1, 0.15) is 0 Å². The third-order valence-electron chi connectivity index (χ3n) is 2.35. The van der Waals surface area contributed by atoms with Gasteiger partial charge in [-0.3, -0.25) is 9.69 Å². The number of ketones is 1. The lowest BCUT2D eigenvalue weighted by atomic mass is 10.1. The molecule has 0 unspecified atom stereocenters. The van der Waals surface area contributed by atoms with Gasteiger partial charge < -0.3 is 5.11 Å². The van der Waals surface area contributed by atoms with Crippen LogP contribution in [-0.2, 0) is 0 Å². The fourth-order valence-electron chi connectivity index (χ4n) is 1.50. The van der Waals surface area contributed by atoms with Crippen molar-refractivity contribution in [1.29, 1.82) is 0 Å². The van der Waals surface area contributed by atoms with E-state index in [4.69, 9.17) is 5.11 Å². The van der Waals surface area contributed by atoms with E-state index in [1.54, 1.807) is 24.3 Å². The van der Waals surface area contributed by atoms with E-state index in [0.29, 0.717) is 5.56 Å². The van der Waals surface area contributed by atoms with E-state index in [1.165, 1.54) is 4.90 Å². The standard InChI is InChI=1S/C12H14F2INO2/c13-12(14)8-16(5-6-17)7-11(18)9-1-3-10(15)4-2-9/h1-4,12,17H,5-8H2. The molecule has 3 nitrogen and oxygen atoms in total. The predicted octanol–water partition coefficient (Wildman–Crippen LogP) is 2.03. The van der Waals surface area contributed by atoms with E-state index in [-0.39, 0.29) is 25.5 Å². The van der Waals surface area contributed by atoms with Gasteiger partial charge in [-0.1, -0.05) is 12.1 Å². The van der Waals surface area contributed by atoms with Crippen molar-refractivity contribution in [2.75, 3.05) is 26.2 Å². The van der Waals surface area contributed by atoms with E-state index in [9.17, 15) is 13.6 Å². The number of carbonyl (C=O) groups excluding carboxylic acids is 1. The Morgan fingerprint density at radius 3 is 2.44 bits per heavy atom. The highest BCUT2D eigenvalue weighted by molar-refractivity contribution is 14.1. The maximum absolute atomic E-state index is 12.3. The first-order chi connectivity index (χ1) is 8.52. The van der Waals surface area contributed by atoms with Crippen LogP contribution in [0.1, 0.15) is 10.4 Å². The number of halogens is 3. The van der Waals surface area contributed by atoms with Crippen LogP contribution >= 0.6 is 22.6 Å². The zero-order chi connectivity index (χ0) is 13.5. The number of aliphatic hydroxyl groups excluding tert-OH is 1. The molecule has 0 fully saturated rings. The second kappa shape index (κ2) is 7.75. The lowest BCUT2D eigenvalue weighted by Crippen LogP contribution is -2.36. The molecular weight excluding hydrogens is 355 g/mol. The summed E-state index contributed by atoms with van der Waals surface area (Å²) in [6.45, 7) is -0.782. The Hall–Kier alpha value is -0.600. The van der Waals surface area contributed by atoms with Crippen LogP contribution in [0.4, 0.5) is 8.78 Å². The van der Waals surface area contributed by atoms with Crippen LogP contribution in [0.25, 0.3) is 0 Å². The average Bonchev–Trinajstić information content (AvgIpc) is 2.29. The van der Waals surface area contributed by atoms with Crippen molar-refractivity contribution in [1.82, 2.24) is 4.90 Å². The number of benzene rings is 1. The summed E-state index contributed by atoms with van der Waals surface area (Å²) in [7, 11) is 0. The van der Waals surface area contributed by atoms with Gasteiger partial charge in [0.15, 0.2) is 5.78 Å². The van der Waals surface area contributed by atoms with Gasteiger partial charge in [-0.2, -0.15) is 0 Å². The highest BCUT2D eigenvalue weighted by atomic mass is 127. The SMILES string of the molecule is O=C(CN(CCO)CC(F)F)c1ccc(I)cc1. The van der Waals surface area contributed by atoms with Crippen molar-refractivity contribution < 1.29 is 18.7 Å². The minimum atomic E-state index is -2.51. The van der Waals surface area contributed by atoms with Crippen molar-refractivity contribution in [3.05, 3.63) is 33.4 Å². The van der Waals surface area contributed by atoms with E-state index in [1.807, 2.05) is 0 Å².